The minimum Gasteiger partial charge on any atom is -0.453 e. The Morgan fingerprint density at radius 1 is 1.33 bits per heavy atom. The number of nitrogens with one attached hydrogen (secondary N) is 1. The zero-order valence-corrected chi connectivity index (χ0v) is 10.9. The van der Waals surface area contributed by atoms with Crippen molar-refractivity contribution in [1.29, 1.82) is 0 Å². The summed E-state index contributed by atoms with van der Waals surface area (Å²) >= 11 is 0. The lowest BCUT2D eigenvalue weighted by atomic mass is 10.1. The van der Waals surface area contributed by atoms with Gasteiger partial charge in [0.1, 0.15) is 0 Å². The van der Waals surface area contributed by atoms with Crippen molar-refractivity contribution >= 4 is 16.1 Å². The predicted molar refractivity (Wildman–Crippen MR) is 66.5 cm³/mol. The number of amides is 1. The van der Waals surface area contributed by atoms with Gasteiger partial charge in [0.15, 0.2) is 0 Å². The fourth-order valence-electron chi connectivity index (χ4n) is 1.40. The summed E-state index contributed by atoms with van der Waals surface area (Å²) in [5.41, 5.74) is 0.981. The van der Waals surface area contributed by atoms with Gasteiger partial charge in [-0.15, -0.1) is 0 Å². The number of methoxy groups -OCH3 is 1. The van der Waals surface area contributed by atoms with E-state index in [0.717, 1.165) is 18.4 Å². The second kappa shape index (κ2) is 6.36. The highest BCUT2D eigenvalue weighted by atomic mass is 32.2. The van der Waals surface area contributed by atoms with Gasteiger partial charge in [-0.1, -0.05) is 12.1 Å². The third-order valence-corrected chi connectivity index (χ3v) is 3.28. The van der Waals surface area contributed by atoms with Crippen molar-refractivity contribution < 1.29 is 17.9 Å². The highest BCUT2D eigenvalue weighted by molar-refractivity contribution is 7.89. The number of aryl methyl sites for hydroxylation is 1. The highest BCUT2D eigenvalue weighted by Crippen LogP contribution is 2.09. The van der Waals surface area contributed by atoms with Gasteiger partial charge < -0.3 is 10.1 Å². The quantitative estimate of drug-likeness (QED) is 0.768. The van der Waals surface area contributed by atoms with Gasteiger partial charge in [-0.3, -0.25) is 0 Å². The Labute approximate surface area is 106 Å². The van der Waals surface area contributed by atoms with Crippen LogP contribution in [0.25, 0.3) is 0 Å². The summed E-state index contributed by atoms with van der Waals surface area (Å²) in [5, 5.41) is 7.55. The normalized spacial score (nSPS) is 11.0. The number of hydrogen-bond donors (Lipinski definition) is 2. The van der Waals surface area contributed by atoms with Crippen molar-refractivity contribution in [3.05, 3.63) is 29.8 Å². The van der Waals surface area contributed by atoms with E-state index in [9.17, 15) is 13.2 Å². The van der Waals surface area contributed by atoms with Crippen LogP contribution in [-0.4, -0.2) is 28.2 Å². The first-order chi connectivity index (χ1) is 8.43. The summed E-state index contributed by atoms with van der Waals surface area (Å²) < 4.78 is 26.5. The predicted octanol–water partition coefficient (Wildman–Crippen LogP) is 0.623. The van der Waals surface area contributed by atoms with E-state index in [1.807, 2.05) is 0 Å². The Bertz CT molecular complexity index is 496. The number of primary sulfonamides is 1. The number of nitrogens with two attached hydrogens (primary N) is 1. The number of sulfonamides is 1. The molecule has 0 heterocycles. The highest BCUT2D eigenvalue weighted by Gasteiger charge is 2.06. The summed E-state index contributed by atoms with van der Waals surface area (Å²) in [6, 6.07) is 6.35. The average Bonchev–Trinajstić information content (AvgIpc) is 2.33. The van der Waals surface area contributed by atoms with Crippen LogP contribution in [0, 0.1) is 0 Å². The van der Waals surface area contributed by atoms with Crippen molar-refractivity contribution in [1.82, 2.24) is 5.32 Å². The molecule has 0 saturated carbocycles. The van der Waals surface area contributed by atoms with Crippen LogP contribution in [0.15, 0.2) is 29.2 Å². The van der Waals surface area contributed by atoms with Crippen molar-refractivity contribution in [2.75, 3.05) is 13.7 Å². The Balaban J connectivity index is 2.43. The smallest absolute Gasteiger partial charge is 0.406 e. The van der Waals surface area contributed by atoms with Crippen LogP contribution in [0.1, 0.15) is 12.0 Å². The van der Waals surface area contributed by atoms with E-state index in [0.29, 0.717) is 6.54 Å². The standard InChI is InChI=1S/C11H16N2O4S/c1-17-11(14)13-8-2-3-9-4-6-10(7-5-9)18(12,15)16/h4-7H,2-3,8H2,1H3,(H,13,14)(H2,12,15,16). The fourth-order valence-corrected chi connectivity index (χ4v) is 1.92. The number of alkyl carbamates (subject to hydrolysis) is 1. The Morgan fingerprint density at radius 2 is 1.94 bits per heavy atom. The first kappa shape index (κ1) is 14.5. The molecule has 6 nitrogen and oxygen atoms in total. The van der Waals surface area contributed by atoms with E-state index in [1.165, 1.54) is 19.2 Å². The molecule has 0 aliphatic rings. The van der Waals surface area contributed by atoms with E-state index in [-0.39, 0.29) is 4.90 Å². The van der Waals surface area contributed by atoms with Gasteiger partial charge in [0, 0.05) is 6.54 Å². The lowest BCUT2D eigenvalue weighted by molar-refractivity contribution is 0.171. The van der Waals surface area contributed by atoms with Gasteiger partial charge in [-0.2, -0.15) is 0 Å². The topological polar surface area (TPSA) is 98.5 Å². The van der Waals surface area contributed by atoms with Gasteiger partial charge in [0.05, 0.1) is 12.0 Å². The molecule has 7 heteroatoms. The molecular weight excluding hydrogens is 256 g/mol. The zero-order chi connectivity index (χ0) is 13.6. The third-order valence-electron chi connectivity index (χ3n) is 2.35. The largest absolute Gasteiger partial charge is 0.453 e. The number of rotatable bonds is 5. The van der Waals surface area contributed by atoms with Crippen LogP contribution in [0.5, 0.6) is 0 Å². The molecule has 1 rings (SSSR count). The molecule has 0 unspecified atom stereocenters. The summed E-state index contributed by atoms with van der Waals surface area (Å²) in [7, 11) is -2.33. The maximum Gasteiger partial charge on any atom is 0.406 e. The summed E-state index contributed by atoms with van der Waals surface area (Å²) in [6.45, 7) is 0.504. The summed E-state index contributed by atoms with van der Waals surface area (Å²) in [6.07, 6.45) is 1.01. The molecule has 0 aliphatic carbocycles. The zero-order valence-electron chi connectivity index (χ0n) is 10.0. The van der Waals surface area contributed by atoms with Crippen molar-refractivity contribution in [3.8, 4) is 0 Å². The second-order valence-corrected chi connectivity index (χ2v) is 5.27. The number of hydrogen-bond acceptors (Lipinski definition) is 4. The molecular formula is C11H16N2O4S. The monoisotopic (exact) mass is 272 g/mol. The van der Waals surface area contributed by atoms with Gasteiger partial charge >= 0.3 is 6.09 Å². The lowest BCUT2D eigenvalue weighted by Crippen LogP contribution is -2.24. The maximum atomic E-state index is 11.0. The van der Waals surface area contributed by atoms with E-state index in [4.69, 9.17) is 5.14 Å². The number of carbonyl (C=O) groups excluding carboxylic acids is 1. The molecule has 0 fully saturated rings. The Hall–Kier alpha value is -1.60. The molecule has 0 spiro atoms. The summed E-state index contributed by atoms with van der Waals surface area (Å²) in [5.74, 6) is 0. The number of ether oxygens (including phenoxy) is 1. The van der Waals surface area contributed by atoms with Crippen LogP contribution >= 0.6 is 0 Å². The first-order valence-corrected chi connectivity index (χ1v) is 6.91. The van der Waals surface area contributed by atoms with Crippen LogP contribution in [0.2, 0.25) is 0 Å². The van der Waals surface area contributed by atoms with Gasteiger partial charge in [-0.05, 0) is 30.5 Å². The number of benzene rings is 1. The van der Waals surface area contributed by atoms with Gasteiger partial charge in [-0.25, -0.2) is 18.4 Å². The van der Waals surface area contributed by atoms with Gasteiger partial charge in [0.25, 0.3) is 0 Å². The molecule has 0 bridgehead atoms. The van der Waals surface area contributed by atoms with Crippen LogP contribution in [0.4, 0.5) is 4.79 Å². The van der Waals surface area contributed by atoms with E-state index in [1.54, 1.807) is 12.1 Å². The minimum atomic E-state index is -3.63. The average molecular weight is 272 g/mol. The molecule has 1 aromatic rings. The molecule has 0 aliphatic heterocycles. The Kier molecular flexibility index (Phi) is 5.11. The van der Waals surface area contributed by atoms with E-state index in [2.05, 4.69) is 10.1 Å². The van der Waals surface area contributed by atoms with Crippen LogP contribution in [0.3, 0.4) is 0 Å². The first-order valence-electron chi connectivity index (χ1n) is 5.37. The molecule has 0 atom stereocenters. The fraction of sp³-hybridized carbons (Fsp3) is 0.364. The van der Waals surface area contributed by atoms with Crippen LogP contribution < -0.4 is 10.5 Å². The second-order valence-electron chi connectivity index (χ2n) is 3.71. The van der Waals surface area contributed by atoms with Crippen molar-refractivity contribution in [2.45, 2.75) is 17.7 Å². The minimum absolute atomic E-state index is 0.0962. The van der Waals surface area contributed by atoms with Crippen LogP contribution in [-0.2, 0) is 21.2 Å². The van der Waals surface area contributed by atoms with Crippen molar-refractivity contribution in [3.63, 3.8) is 0 Å². The number of carbonyl (C=O) groups is 1. The molecule has 3 N–H and O–H groups in total. The molecule has 100 valence electrons. The molecule has 0 saturated heterocycles. The molecule has 0 aromatic heterocycles. The molecule has 1 aromatic carbocycles. The van der Waals surface area contributed by atoms with E-state index >= 15 is 0 Å². The van der Waals surface area contributed by atoms with Crippen molar-refractivity contribution in [2.24, 2.45) is 5.14 Å². The summed E-state index contributed by atoms with van der Waals surface area (Å²) in [4.78, 5) is 10.9. The van der Waals surface area contributed by atoms with E-state index < -0.39 is 16.1 Å². The maximum absolute atomic E-state index is 11.0. The third kappa shape index (κ3) is 4.72. The SMILES string of the molecule is COC(=O)NCCCc1ccc(S(N)(=O)=O)cc1. The molecule has 0 radical (unpaired) electrons. The van der Waals surface area contributed by atoms with Gasteiger partial charge in [0.2, 0.25) is 10.0 Å². The molecule has 18 heavy (non-hydrogen) atoms. The Morgan fingerprint density at radius 3 is 2.44 bits per heavy atom. The molecule has 1 amide bonds. The lowest BCUT2D eigenvalue weighted by Gasteiger charge is -2.04.